The van der Waals surface area contributed by atoms with E-state index in [-0.39, 0.29) is 11.3 Å². The topological polar surface area (TPSA) is 30.8 Å². The Hall–Kier alpha value is -1.75. The molecular weight excluding hydrogens is 444 g/mol. The first-order valence-corrected chi connectivity index (χ1v) is 13.9. The van der Waals surface area contributed by atoms with Crippen molar-refractivity contribution in [1.29, 1.82) is 0 Å². The second kappa shape index (κ2) is 12.0. The molecule has 0 radical (unpaired) electrons. The van der Waals surface area contributed by atoms with E-state index in [9.17, 15) is 8.78 Å². The summed E-state index contributed by atoms with van der Waals surface area (Å²) in [5.41, 5.74) is 0.634. The van der Waals surface area contributed by atoms with Gasteiger partial charge in [-0.25, -0.2) is 4.39 Å². The second-order valence-corrected chi connectivity index (χ2v) is 11.0. The van der Waals surface area contributed by atoms with Gasteiger partial charge in [-0.05, 0) is 75.5 Å². The maximum Gasteiger partial charge on any atom is 0.200 e. The number of dihydropyridines is 1. The zero-order valence-electron chi connectivity index (χ0n) is 21.8. The van der Waals surface area contributed by atoms with Crippen LogP contribution in [0.3, 0.4) is 0 Å². The molecule has 1 aliphatic carbocycles. The van der Waals surface area contributed by atoms with Crippen molar-refractivity contribution in [3.05, 3.63) is 41.0 Å². The lowest BCUT2D eigenvalue weighted by atomic mass is 9.75. The van der Waals surface area contributed by atoms with Gasteiger partial charge in [0.05, 0.1) is 24.9 Å². The van der Waals surface area contributed by atoms with E-state index in [4.69, 9.17) is 14.5 Å². The fourth-order valence-corrected chi connectivity index (χ4v) is 6.24. The SMILES string of the molecule is CCCCCC1CCC(C2CCC(C3=CCC(C)(c4ccc(OCC)c(F)c4F)N=C3)CO2)CC1. The molecule has 3 nitrogen and oxygen atoms in total. The molecule has 2 fully saturated rings. The van der Waals surface area contributed by atoms with Gasteiger partial charge in [-0.1, -0.05) is 51.5 Å². The second-order valence-electron chi connectivity index (χ2n) is 11.0. The van der Waals surface area contributed by atoms with Crippen molar-refractivity contribution in [3.63, 3.8) is 0 Å². The van der Waals surface area contributed by atoms with Gasteiger partial charge >= 0.3 is 0 Å². The minimum absolute atomic E-state index is 0.0488. The van der Waals surface area contributed by atoms with Crippen LogP contribution in [0.4, 0.5) is 8.78 Å². The summed E-state index contributed by atoms with van der Waals surface area (Å²) >= 11 is 0. The maximum absolute atomic E-state index is 14.8. The number of halogens is 2. The normalized spacial score (nSPS) is 31.3. The van der Waals surface area contributed by atoms with Crippen LogP contribution in [0, 0.1) is 29.4 Å². The average Bonchev–Trinajstić information content (AvgIpc) is 2.88. The third-order valence-electron chi connectivity index (χ3n) is 8.58. The number of benzene rings is 1. The molecule has 5 heteroatoms. The highest BCUT2D eigenvalue weighted by atomic mass is 19.2. The van der Waals surface area contributed by atoms with Gasteiger partial charge in [-0.3, -0.25) is 4.99 Å². The van der Waals surface area contributed by atoms with E-state index < -0.39 is 17.2 Å². The van der Waals surface area contributed by atoms with Gasteiger partial charge in [-0.2, -0.15) is 4.39 Å². The van der Waals surface area contributed by atoms with Gasteiger partial charge in [0.1, 0.15) is 0 Å². The van der Waals surface area contributed by atoms with Crippen LogP contribution in [0.1, 0.15) is 97.0 Å². The van der Waals surface area contributed by atoms with E-state index in [1.54, 1.807) is 13.0 Å². The van der Waals surface area contributed by atoms with Crippen molar-refractivity contribution >= 4 is 6.21 Å². The minimum atomic E-state index is -0.933. The summed E-state index contributed by atoms with van der Waals surface area (Å²) in [6.45, 7) is 6.92. The van der Waals surface area contributed by atoms with Crippen LogP contribution in [-0.4, -0.2) is 25.5 Å². The number of aliphatic imine (C=N–C) groups is 1. The summed E-state index contributed by atoms with van der Waals surface area (Å²) in [7, 11) is 0. The fraction of sp³-hybridized carbons (Fsp3) is 0.700. The molecule has 0 bridgehead atoms. The predicted octanol–water partition coefficient (Wildman–Crippen LogP) is 8.16. The van der Waals surface area contributed by atoms with E-state index in [1.165, 1.54) is 63.0 Å². The number of hydrogen-bond donors (Lipinski definition) is 0. The molecule has 1 aromatic carbocycles. The highest BCUT2D eigenvalue weighted by molar-refractivity contribution is 5.81. The van der Waals surface area contributed by atoms with Crippen LogP contribution in [-0.2, 0) is 10.3 Å². The lowest BCUT2D eigenvalue weighted by molar-refractivity contribution is -0.0504. The standard InChI is InChI=1S/C30H43F2NO2/c1-4-6-7-8-21-9-11-22(12-10-21)26-15-13-24(20-35-26)23-17-18-30(3,33-19-23)25-14-16-27(34-5-2)29(32)28(25)31/h14,16-17,19,21-22,24,26H,4-13,15,18,20H2,1-3H3. The number of ether oxygens (including phenoxy) is 2. The van der Waals surface area contributed by atoms with Crippen LogP contribution in [0.2, 0.25) is 0 Å². The Bertz CT molecular complexity index is 898. The van der Waals surface area contributed by atoms with Crippen molar-refractivity contribution in [2.75, 3.05) is 13.2 Å². The van der Waals surface area contributed by atoms with Crippen molar-refractivity contribution in [2.24, 2.45) is 22.7 Å². The zero-order chi connectivity index (χ0) is 24.8. The molecule has 4 rings (SSSR count). The summed E-state index contributed by atoms with van der Waals surface area (Å²) in [6, 6.07) is 3.11. The van der Waals surface area contributed by atoms with Crippen LogP contribution in [0.15, 0.2) is 28.8 Å². The molecule has 35 heavy (non-hydrogen) atoms. The molecule has 1 saturated heterocycles. The Morgan fingerprint density at radius 1 is 1.03 bits per heavy atom. The summed E-state index contributed by atoms with van der Waals surface area (Å²) in [6.07, 6.45) is 18.0. The largest absolute Gasteiger partial charge is 0.491 e. The smallest absolute Gasteiger partial charge is 0.200 e. The Balaban J connectivity index is 1.28. The highest BCUT2D eigenvalue weighted by Gasteiger charge is 2.35. The number of unbranched alkanes of at least 4 members (excludes halogenated alkanes) is 2. The van der Waals surface area contributed by atoms with Crippen LogP contribution >= 0.6 is 0 Å². The molecule has 0 spiro atoms. The van der Waals surface area contributed by atoms with Crippen LogP contribution in [0.5, 0.6) is 5.75 Å². The Labute approximate surface area is 210 Å². The van der Waals surface area contributed by atoms with Gasteiger partial charge in [-0.15, -0.1) is 0 Å². The van der Waals surface area contributed by atoms with Crippen molar-refractivity contribution in [3.8, 4) is 5.75 Å². The monoisotopic (exact) mass is 487 g/mol. The van der Waals surface area contributed by atoms with Gasteiger partial charge in [0.2, 0.25) is 5.82 Å². The molecule has 0 amide bonds. The molecule has 194 valence electrons. The van der Waals surface area contributed by atoms with Gasteiger partial charge in [0.15, 0.2) is 11.6 Å². The predicted molar refractivity (Wildman–Crippen MR) is 138 cm³/mol. The third-order valence-corrected chi connectivity index (χ3v) is 8.58. The Morgan fingerprint density at radius 3 is 2.46 bits per heavy atom. The molecule has 3 unspecified atom stereocenters. The Morgan fingerprint density at radius 2 is 1.83 bits per heavy atom. The van der Waals surface area contributed by atoms with Crippen molar-refractivity contribution in [2.45, 2.75) is 103 Å². The number of rotatable bonds is 9. The molecule has 0 N–H and O–H groups in total. The summed E-state index contributed by atoms with van der Waals surface area (Å²) < 4.78 is 40.8. The third kappa shape index (κ3) is 6.15. The van der Waals surface area contributed by atoms with E-state index >= 15 is 0 Å². The average molecular weight is 488 g/mol. The molecule has 2 aliphatic heterocycles. The molecule has 0 aromatic heterocycles. The maximum atomic E-state index is 14.8. The number of nitrogens with zero attached hydrogens (tertiary/aromatic N) is 1. The first-order valence-electron chi connectivity index (χ1n) is 13.9. The van der Waals surface area contributed by atoms with E-state index in [1.807, 2.05) is 13.1 Å². The number of hydrogen-bond acceptors (Lipinski definition) is 3. The molecule has 2 heterocycles. The minimum Gasteiger partial charge on any atom is -0.491 e. The first kappa shape index (κ1) is 26.3. The molecule has 3 atom stereocenters. The van der Waals surface area contributed by atoms with Crippen molar-refractivity contribution in [1.82, 2.24) is 0 Å². The first-order chi connectivity index (χ1) is 16.9. The summed E-state index contributed by atoms with van der Waals surface area (Å²) in [4.78, 5) is 4.72. The van der Waals surface area contributed by atoms with E-state index in [0.29, 0.717) is 31.0 Å². The lowest BCUT2D eigenvalue weighted by Crippen LogP contribution is -2.35. The molecule has 1 aromatic rings. The van der Waals surface area contributed by atoms with Crippen molar-refractivity contribution < 1.29 is 18.3 Å². The van der Waals surface area contributed by atoms with Gasteiger partial charge < -0.3 is 9.47 Å². The fourth-order valence-electron chi connectivity index (χ4n) is 6.24. The van der Waals surface area contributed by atoms with Gasteiger partial charge in [0.25, 0.3) is 0 Å². The Kier molecular flexibility index (Phi) is 9.02. The molecular formula is C30H43F2NO2. The van der Waals surface area contributed by atoms with E-state index in [0.717, 1.165) is 25.4 Å². The zero-order valence-corrected chi connectivity index (χ0v) is 21.8. The van der Waals surface area contributed by atoms with Crippen LogP contribution < -0.4 is 4.74 Å². The summed E-state index contributed by atoms with van der Waals surface area (Å²) in [5, 5.41) is 0. The van der Waals surface area contributed by atoms with E-state index in [2.05, 4.69) is 13.0 Å². The molecule has 3 aliphatic rings. The summed E-state index contributed by atoms with van der Waals surface area (Å²) in [5.74, 6) is 0.140. The highest BCUT2D eigenvalue weighted by Crippen LogP contribution is 2.41. The van der Waals surface area contributed by atoms with Crippen LogP contribution in [0.25, 0.3) is 0 Å². The quantitative estimate of drug-likeness (QED) is 0.329. The van der Waals surface area contributed by atoms with Gasteiger partial charge in [0, 0.05) is 17.7 Å². The lowest BCUT2D eigenvalue weighted by Gasteiger charge is -2.39. The molecule has 1 saturated carbocycles.